The van der Waals surface area contributed by atoms with Crippen LogP contribution in [0, 0.1) is 0 Å². The van der Waals surface area contributed by atoms with E-state index in [4.69, 9.17) is 0 Å². The summed E-state index contributed by atoms with van der Waals surface area (Å²) in [5.41, 5.74) is 3.81. The number of halogens is 3. The zero-order valence-electron chi connectivity index (χ0n) is 11.6. The first kappa shape index (κ1) is 16.0. The SMILES string of the molecule is Brc1cccc(C(c2cccc(Br)c2)c2cccc(Br)c2)c1. The summed E-state index contributed by atoms with van der Waals surface area (Å²) in [5.74, 6) is 0.201. The maximum absolute atomic E-state index is 3.59. The number of rotatable bonds is 3. The molecule has 0 radical (unpaired) electrons. The number of hydrogen-bond donors (Lipinski definition) is 0. The van der Waals surface area contributed by atoms with Crippen molar-refractivity contribution in [3.63, 3.8) is 0 Å². The van der Waals surface area contributed by atoms with E-state index in [1.807, 2.05) is 0 Å². The van der Waals surface area contributed by atoms with E-state index in [2.05, 4.69) is 121 Å². The monoisotopic (exact) mass is 478 g/mol. The van der Waals surface area contributed by atoms with Crippen LogP contribution in [0.3, 0.4) is 0 Å². The molecule has 0 aliphatic rings. The van der Waals surface area contributed by atoms with Crippen molar-refractivity contribution in [3.05, 3.63) is 103 Å². The Kier molecular flexibility index (Phi) is 5.17. The van der Waals surface area contributed by atoms with Crippen LogP contribution >= 0.6 is 47.8 Å². The van der Waals surface area contributed by atoms with Gasteiger partial charge in [-0.25, -0.2) is 0 Å². The van der Waals surface area contributed by atoms with Gasteiger partial charge < -0.3 is 0 Å². The molecule has 0 saturated heterocycles. The zero-order chi connectivity index (χ0) is 15.5. The Labute approximate surface area is 156 Å². The Balaban J connectivity index is 2.18. The van der Waals surface area contributed by atoms with Gasteiger partial charge in [0, 0.05) is 19.3 Å². The van der Waals surface area contributed by atoms with Crippen molar-refractivity contribution in [3.8, 4) is 0 Å². The van der Waals surface area contributed by atoms with Crippen molar-refractivity contribution in [2.75, 3.05) is 0 Å². The lowest BCUT2D eigenvalue weighted by Crippen LogP contribution is -2.03. The van der Waals surface area contributed by atoms with Crippen LogP contribution in [0.15, 0.2) is 86.2 Å². The van der Waals surface area contributed by atoms with Crippen molar-refractivity contribution in [1.29, 1.82) is 0 Å². The fourth-order valence-electron chi connectivity index (χ4n) is 2.64. The standard InChI is InChI=1S/C19H13Br3/c20-16-7-1-4-13(10-16)19(14-5-2-8-17(21)11-14)15-6-3-9-18(22)12-15/h1-12,19H. The highest BCUT2D eigenvalue weighted by molar-refractivity contribution is 9.11. The molecule has 3 heteroatoms. The molecule has 0 bridgehead atoms. The predicted molar refractivity (Wildman–Crippen MR) is 103 cm³/mol. The van der Waals surface area contributed by atoms with E-state index in [0.29, 0.717) is 0 Å². The van der Waals surface area contributed by atoms with Crippen LogP contribution in [0.2, 0.25) is 0 Å². The molecule has 3 aromatic rings. The molecule has 0 aliphatic carbocycles. The average Bonchev–Trinajstić information content (AvgIpc) is 2.48. The second-order valence-corrected chi connectivity index (χ2v) is 7.85. The Hall–Kier alpha value is -0.900. The largest absolute Gasteiger partial charge is 0.0608 e. The van der Waals surface area contributed by atoms with Gasteiger partial charge in [0.25, 0.3) is 0 Å². The molecule has 0 aromatic heterocycles. The first-order valence-corrected chi connectivity index (χ1v) is 9.28. The van der Waals surface area contributed by atoms with Crippen molar-refractivity contribution in [2.24, 2.45) is 0 Å². The fraction of sp³-hybridized carbons (Fsp3) is 0.0526. The summed E-state index contributed by atoms with van der Waals surface area (Å²) >= 11 is 10.8. The van der Waals surface area contributed by atoms with E-state index in [0.717, 1.165) is 13.4 Å². The van der Waals surface area contributed by atoms with E-state index < -0.39 is 0 Å². The second-order valence-electron chi connectivity index (χ2n) is 5.10. The molecule has 0 saturated carbocycles. The zero-order valence-corrected chi connectivity index (χ0v) is 16.4. The molecule has 110 valence electrons. The van der Waals surface area contributed by atoms with E-state index in [1.54, 1.807) is 0 Å². The van der Waals surface area contributed by atoms with E-state index in [9.17, 15) is 0 Å². The van der Waals surface area contributed by atoms with Crippen LogP contribution in [-0.4, -0.2) is 0 Å². The van der Waals surface area contributed by atoms with Crippen molar-refractivity contribution < 1.29 is 0 Å². The smallest absolute Gasteiger partial charge is 0.0341 e. The molecule has 0 amide bonds. The molecule has 0 atom stereocenters. The molecule has 3 aromatic carbocycles. The summed E-state index contributed by atoms with van der Waals surface area (Å²) in [6.45, 7) is 0. The first-order valence-electron chi connectivity index (χ1n) is 6.90. The highest BCUT2D eigenvalue weighted by Crippen LogP contribution is 2.35. The van der Waals surface area contributed by atoms with E-state index in [-0.39, 0.29) is 5.92 Å². The van der Waals surface area contributed by atoms with Gasteiger partial charge in [0.05, 0.1) is 0 Å². The lowest BCUT2D eigenvalue weighted by molar-refractivity contribution is 0.973. The highest BCUT2D eigenvalue weighted by atomic mass is 79.9. The predicted octanol–water partition coefficient (Wildman–Crippen LogP) is 7.15. The molecule has 22 heavy (non-hydrogen) atoms. The molecule has 0 spiro atoms. The highest BCUT2D eigenvalue weighted by Gasteiger charge is 2.17. The van der Waals surface area contributed by atoms with Crippen LogP contribution in [0.1, 0.15) is 22.6 Å². The summed E-state index contributed by atoms with van der Waals surface area (Å²) in [7, 11) is 0. The van der Waals surface area contributed by atoms with Crippen molar-refractivity contribution >= 4 is 47.8 Å². The van der Waals surface area contributed by atoms with Crippen molar-refractivity contribution in [2.45, 2.75) is 5.92 Å². The van der Waals surface area contributed by atoms with Gasteiger partial charge >= 0.3 is 0 Å². The van der Waals surface area contributed by atoms with Gasteiger partial charge in [0.1, 0.15) is 0 Å². The molecular formula is C19H13Br3. The molecule has 0 aliphatic heterocycles. The van der Waals surface area contributed by atoms with E-state index in [1.165, 1.54) is 16.7 Å². The molecule has 0 unspecified atom stereocenters. The van der Waals surface area contributed by atoms with Crippen LogP contribution in [0.4, 0.5) is 0 Å². The molecule has 0 heterocycles. The number of benzene rings is 3. The third kappa shape index (κ3) is 3.70. The molecule has 0 nitrogen and oxygen atoms in total. The third-order valence-corrected chi connectivity index (χ3v) is 5.03. The van der Waals surface area contributed by atoms with Gasteiger partial charge in [0.2, 0.25) is 0 Å². The van der Waals surface area contributed by atoms with Crippen LogP contribution in [0.25, 0.3) is 0 Å². The van der Waals surface area contributed by atoms with Gasteiger partial charge in [-0.2, -0.15) is 0 Å². The minimum absolute atomic E-state index is 0.201. The minimum Gasteiger partial charge on any atom is -0.0608 e. The number of hydrogen-bond acceptors (Lipinski definition) is 0. The lowest BCUT2D eigenvalue weighted by atomic mass is 9.85. The quantitative estimate of drug-likeness (QED) is 0.349. The van der Waals surface area contributed by atoms with Gasteiger partial charge in [0.15, 0.2) is 0 Å². The Morgan fingerprint density at radius 1 is 0.500 bits per heavy atom. The summed E-state index contributed by atoms with van der Waals surface area (Å²) < 4.78 is 3.29. The van der Waals surface area contributed by atoms with Gasteiger partial charge in [-0.15, -0.1) is 0 Å². The van der Waals surface area contributed by atoms with Crippen molar-refractivity contribution in [1.82, 2.24) is 0 Å². The molecule has 0 fully saturated rings. The van der Waals surface area contributed by atoms with Crippen LogP contribution < -0.4 is 0 Å². The van der Waals surface area contributed by atoms with E-state index >= 15 is 0 Å². The van der Waals surface area contributed by atoms with Crippen LogP contribution in [0.5, 0.6) is 0 Å². The Morgan fingerprint density at radius 3 is 1.09 bits per heavy atom. The third-order valence-electron chi connectivity index (χ3n) is 3.55. The maximum atomic E-state index is 3.59. The summed E-state index contributed by atoms with van der Waals surface area (Å²) in [5, 5.41) is 0. The van der Waals surface area contributed by atoms with Gasteiger partial charge in [-0.1, -0.05) is 84.2 Å². The van der Waals surface area contributed by atoms with Crippen LogP contribution in [-0.2, 0) is 0 Å². The Morgan fingerprint density at radius 2 is 0.818 bits per heavy atom. The topological polar surface area (TPSA) is 0 Å². The average molecular weight is 481 g/mol. The molecule has 3 rings (SSSR count). The first-order chi connectivity index (χ1) is 10.6. The summed E-state index contributed by atoms with van der Waals surface area (Å²) in [4.78, 5) is 0. The van der Waals surface area contributed by atoms with Gasteiger partial charge in [-0.3, -0.25) is 0 Å². The summed E-state index contributed by atoms with van der Waals surface area (Å²) in [6, 6.07) is 25.5. The maximum Gasteiger partial charge on any atom is 0.0341 e. The normalized spacial score (nSPS) is 10.9. The Bertz CT molecular complexity index is 688. The fourth-order valence-corrected chi connectivity index (χ4v) is 3.89. The molecule has 0 N–H and O–H groups in total. The lowest BCUT2D eigenvalue weighted by Gasteiger charge is -2.20. The second kappa shape index (κ2) is 7.12. The molecular weight excluding hydrogens is 468 g/mol. The summed E-state index contributed by atoms with van der Waals surface area (Å²) in [6.07, 6.45) is 0. The van der Waals surface area contributed by atoms with Gasteiger partial charge in [-0.05, 0) is 53.1 Å². The minimum atomic E-state index is 0.201.